The minimum atomic E-state index is -0.328. The molecule has 1 aromatic rings. The molecule has 0 radical (unpaired) electrons. The Bertz CT molecular complexity index is 565. The number of methoxy groups -OCH3 is 3. The molecule has 1 heterocycles. The molecule has 0 amide bonds. The average Bonchev–Trinajstić information content (AvgIpc) is 2.93. The molecule has 0 N–H and O–H groups in total. The standard InChI is InChI=1S/C16H21NO4/c1-17-9-5-6-12(17)15(16(18)21-4)11-7-8-13(19-2)14(10-11)20-3/h7-8,10H,5-6,9H2,1-4H3/b15-12-. The molecule has 1 saturated heterocycles. The Morgan fingerprint density at radius 1 is 1.14 bits per heavy atom. The van der Waals surface area contributed by atoms with E-state index in [1.807, 2.05) is 19.2 Å². The van der Waals surface area contributed by atoms with Crippen molar-refractivity contribution < 1.29 is 19.0 Å². The molecular weight excluding hydrogens is 270 g/mol. The Kier molecular flexibility index (Phi) is 4.73. The van der Waals surface area contributed by atoms with Gasteiger partial charge in [-0.1, -0.05) is 6.07 Å². The molecule has 0 bridgehead atoms. The van der Waals surface area contributed by atoms with Crippen LogP contribution in [0.2, 0.25) is 0 Å². The Balaban J connectivity index is 2.55. The van der Waals surface area contributed by atoms with Crippen LogP contribution >= 0.6 is 0 Å². The van der Waals surface area contributed by atoms with Crippen molar-refractivity contribution in [2.45, 2.75) is 12.8 Å². The van der Waals surface area contributed by atoms with Crippen LogP contribution in [0.15, 0.2) is 23.9 Å². The first-order valence-electron chi connectivity index (χ1n) is 6.87. The van der Waals surface area contributed by atoms with Crippen LogP contribution in [-0.2, 0) is 9.53 Å². The van der Waals surface area contributed by atoms with Crippen molar-refractivity contribution in [1.82, 2.24) is 4.90 Å². The first-order chi connectivity index (χ1) is 10.1. The third kappa shape index (κ3) is 2.96. The summed E-state index contributed by atoms with van der Waals surface area (Å²) >= 11 is 0. The van der Waals surface area contributed by atoms with Gasteiger partial charge >= 0.3 is 5.97 Å². The lowest BCUT2D eigenvalue weighted by molar-refractivity contribution is -0.133. The zero-order valence-corrected chi connectivity index (χ0v) is 12.9. The van der Waals surface area contributed by atoms with Crippen molar-refractivity contribution in [3.05, 3.63) is 29.5 Å². The summed E-state index contributed by atoms with van der Waals surface area (Å²) in [6.45, 7) is 0.948. The van der Waals surface area contributed by atoms with Crippen LogP contribution in [0.5, 0.6) is 11.5 Å². The quantitative estimate of drug-likeness (QED) is 0.629. The smallest absolute Gasteiger partial charge is 0.340 e. The monoisotopic (exact) mass is 291 g/mol. The molecule has 0 atom stereocenters. The van der Waals surface area contributed by atoms with Gasteiger partial charge in [0.15, 0.2) is 11.5 Å². The number of rotatable bonds is 4. The molecule has 5 heteroatoms. The van der Waals surface area contributed by atoms with Crippen LogP contribution in [0.3, 0.4) is 0 Å². The van der Waals surface area contributed by atoms with Crippen LogP contribution in [0, 0.1) is 0 Å². The molecule has 2 rings (SSSR count). The molecule has 1 fully saturated rings. The number of carbonyl (C=O) groups excluding carboxylic acids is 1. The highest BCUT2D eigenvalue weighted by Crippen LogP contribution is 2.34. The van der Waals surface area contributed by atoms with Crippen LogP contribution in [0.4, 0.5) is 0 Å². The van der Waals surface area contributed by atoms with Crippen molar-refractivity contribution in [2.24, 2.45) is 0 Å². The van der Waals surface area contributed by atoms with Gasteiger partial charge in [0.25, 0.3) is 0 Å². The highest BCUT2D eigenvalue weighted by atomic mass is 16.5. The number of nitrogens with zero attached hydrogens (tertiary/aromatic N) is 1. The van der Waals surface area contributed by atoms with Crippen LogP contribution in [-0.4, -0.2) is 45.8 Å². The van der Waals surface area contributed by atoms with Gasteiger partial charge in [0, 0.05) is 19.3 Å². The molecule has 0 aromatic heterocycles. The van der Waals surface area contributed by atoms with Gasteiger partial charge in [0.1, 0.15) is 0 Å². The SMILES string of the molecule is COC(=O)/C(=C1/CCCN1C)c1ccc(OC)c(OC)c1. The van der Waals surface area contributed by atoms with E-state index in [0.717, 1.165) is 30.6 Å². The van der Waals surface area contributed by atoms with E-state index < -0.39 is 0 Å². The Morgan fingerprint density at radius 2 is 1.86 bits per heavy atom. The molecule has 0 spiro atoms. The molecular formula is C16H21NO4. The minimum absolute atomic E-state index is 0.328. The lowest BCUT2D eigenvalue weighted by Crippen LogP contribution is -2.16. The van der Waals surface area contributed by atoms with Gasteiger partial charge in [-0.05, 0) is 30.5 Å². The fraction of sp³-hybridized carbons (Fsp3) is 0.438. The maximum atomic E-state index is 12.2. The van der Waals surface area contributed by atoms with Crippen LogP contribution in [0.25, 0.3) is 5.57 Å². The van der Waals surface area contributed by atoms with Gasteiger partial charge < -0.3 is 19.1 Å². The van der Waals surface area contributed by atoms with E-state index in [4.69, 9.17) is 14.2 Å². The molecule has 5 nitrogen and oxygen atoms in total. The highest BCUT2D eigenvalue weighted by molar-refractivity contribution is 6.17. The second kappa shape index (κ2) is 6.52. The number of ether oxygens (including phenoxy) is 3. The van der Waals surface area contributed by atoms with E-state index in [1.165, 1.54) is 7.11 Å². The molecule has 0 aliphatic carbocycles. The lowest BCUT2D eigenvalue weighted by atomic mass is 10.0. The van der Waals surface area contributed by atoms with E-state index >= 15 is 0 Å². The topological polar surface area (TPSA) is 48.0 Å². The Morgan fingerprint density at radius 3 is 2.38 bits per heavy atom. The summed E-state index contributed by atoms with van der Waals surface area (Å²) in [5.74, 6) is 0.902. The van der Waals surface area contributed by atoms with E-state index in [9.17, 15) is 4.79 Å². The molecule has 0 saturated carbocycles. The Hall–Kier alpha value is -2.17. The lowest BCUT2D eigenvalue weighted by Gasteiger charge is -2.18. The number of carbonyl (C=O) groups is 1. The van der Waals surface area contributed by atoms with Gasteiger partial charge in [-0.2, -0.15) is 0 Å². The first kappa shape index (κ1) is 15.2. The predicted molar refractivity (Wildman–Crippen MR) is 80.3 cm³/mol. The molecule has 21 heavy (non-hydrogen) atoms. The summed E-state index contributed by atoms with van der Waals surface area (Å²) < 4.78 is 15.5. The van der Waals surface area contributed by atoms with Gasteiger partial charge in [0.2, 0.25) is 0 Å². The zero-order chi connectivity index (χ0) is 15.4. The summed E-state index contributed by atoms with van der Waals surface area (Å²) in [6.07, 6.45) is 1.91. The van der Waals surface area contributed by atoms with Gasteiger partial charge in [-0.25, -0.2) is 4.79 Å². The molecule has 114 valence electrons. The Labute approximate surface area is 125 Å². The molecule has 1 aromatic carbocycles. The number of hydrogen-bond donors (Lipinski definition) is 0. The van der Waals surface area contributed by atoms with Crippen LogP contribution in [0.1, 0.15) is 18.4 Å². The van der Waals surface area contributed by atoms with Crippen molar-refractivity contribution in [2.75, 3.05) is 34.9 Å². The predicted octanol–water partition coefficient (Wildman–Crippen LogP) is 2.31. The molecule has 0 unspecified atom stereocenters. The summed E-state index contributed by atoms with van der Waals surface area (Å²) in [7, 11) is 6.56. The summed E-state index contributed by atoms with van der Waals surface area (Å²) in [4.78, 5) is 14.3. The van der Waals surface area contributed by atoms with Crippen molar-refractivity contribution >= 4 is 11.5 Å². The van der Waals surface area contributed by atoms with E-state index in [1.54, 1.807) is 20.3 Å². The van der Waals surface area contributed by atoms with Gasteiger partial charge in [0.05, 0.1) is 26.9 Å². The average molecular weight is 291 g/mol. The van der Waals surface area contributed by atoms with Crippen LogP contribution < -0.4 is 9.47 Å². The van der Waals surface area contributed by atoms with Crippen molar-refractivity contribution in [1.29, 1.82) is 0 Å². The second-order valence-electron chi connectivity index (χ2n) is 4.91. The maximum Gasteiger partial charge on any atom is 0.340 e. The number of benzene rings is 1. The summed E-state index contributed by atoms with van der Waals surface area (Å²) in [6, 6.07) is 5.46. The number of allylic oxidation sites excluding steroid dienone is 1. The third-order valence-corrected chi connectivity index (χ3v) is 3.72. The fourth-order valence-corrected chi connectivity index (χ4v) is 2.62. The maximum absolute atomic E-state index is 12.2. The first-order valence-corrected chi connectivity index (χ1v) is 6.87. The summed E-state index contributed by atoms with van der Waals surface area (Å²) in [5, 5.41) is 0. The second-order valence-corrected chi connectivity index (χ2v) is 4.91. The molecule has 1 aliphatic heterocycles. The number of likely N-dealkylation sites (tertiary alicyclic amines) is 1. The van der Waals surface area contributed by atoms with Crippen molar-refractivity contribution in [3.63, 3.8) is 0 Å². The van der Waals surface area contributed by atoms with E-state index in [0.29, 0.717) is 17.1 Å². The third-order valence-electron chi connectivity index (χ3n) is 3.72. The molecule has 1 aliphatic rings. The van der Waals surface area contributed by atoms with E-state index in [2.05, 4.69) is 4.90 Å². The zero-order valence-electron chi connectivity index (χ0n) is 12.9. The van der Waals surface area contributed by atoms with Crippen molar-refractivity contribution in [3.8, 4) is 11.5 Å². The minimum Gasteiger partial charge on any atom is -0.493 e. The van der Waals surface area contributed by atoms with Gasteiger partial charge in [-0.3, -0.25) is 0 Å². The largest absolute Gasteiger partial charge is 0.493 e. The van der Waals surface area contributed by atoms with Gasteiger partial charge in [-0.15, -0.1) is 0 Å². The normalized spacial score (nSPS) is 16.7. The van der Waals surface area contributed by atoms with E-state index in [-0.39, 0.29) is 5.97 Å². The fourth-order valence-electron chi connectivity index (χ4n) is 2.62. The summed E-state index contributed by atoms with van der Waals surface area (Å²) in [5.41, 5.74) is 2.38. The highest BCUT2D eigenvalue weighted by Gasteiger charge is 2.25. The number of esters is 1. The number of hydrogen-bond acceptors (Lipinski definition) is 5.